The van der Waals surface area contributed by atoms with Crippen LogP contribution in [0.1, 0.15) is 62.2 Å². The molecule has 0 radical (unpaired) electrons. The summed E-state index contributed by atoms with van der Waals surface area (Å²) in [6, 6.07) is 25.8. The summed E-state index contributed by atoms with van der Waals surface area (Å²) in [4.78, 5) is 30.7. The maximum atomic E-state index is 13.3. The first-order chi connectivity index (χ1) is 19.6. The maximum Gasteiger partial charge on any atom is 0.251 e. The zero-order chi connectivity index (χ0) is 28.0. The number of benzene rings is 3. The molecule has 3 aromatic rings. The highest BCUT2D eigenvalue weighted by molar-refractivity contribution is 5.98. The number of hydrogen-bond acceptors (Lipinski definition) is 4. The van der Waals surface area contributed by atoms with E-state index in [-0.39, 0.29) is 23.9 Å². The molecule has 2 atom stereocenters. The highest BCUT2D eigenvalue weighted by Crippen LogP contribution is 2.17. The Morgan fingerprint density at radius 1 is 0.875 bits per heavy atom. The van der Waals surface area contributed by atoms with E-state index in [4.69, 9.17) is 0 Å². The fourth-order valence-corrected chi connectivity index (χ4v) is 5.55. The minimum Gasteiger partial charge on any atom is -0.350 e. The molecule has 2 fully saturated rings. The fourth-order valence-electron chi connectivity index (χ4n) is 5.55. The molecule has 3 aromatic carbocycles. The molecule has 214 valence electrons. The van der Waals surface area contributed by atoms with Crippen molar-refractivity contribution in [1.29, 1.82) is 0 Å². The van der Waals surface area contributed by atoms with Crippen molar-refractivity contribution in [2.75, 3.05) is 39.3 Å². The number of nitrogens with one attached hydrogen (secondary N) is 2. The monoisotopic (exact) mass is 542 g/mol. The number of nitrogens with zero attached hydrogens (tertiary/aromatic N) is 2. The van der Waals surface area contributed by atoms with Gasteiger partial charge in [0.1, 0.15) is 0 Å². The first kappa shape index (κ1) is 29.8. The molecular formula is C34H46N4O2. The molecule has 2 aliphatic heterocycles. The van der Waals surface area contributed by atoms with Crippen molar-refractivity contribution >= 4 is 22.6 Å². The van der Waals surface area contributed by atoms with Crippen molar-refractivity contribution in [2.45, 2.75) is 64.0 Å². The van der Waals surface area contributed by atoms with E-state index in [0.717, 1.165) is 69.2 Å². The zero-order valence-corrected chi connectivity index (χ0v) is 24.1. The Kier molecular flexibility index (Phi) is 12.0. The highest BCUT2D eigenvalue weighted by Gasteiger charge is 2.31. The number of rotatable bonds is 9. The number of likely N-dealkylation sites (tertiary alicyclic amines) is 1. The minimum atomic E-state index is -0.177. The predicted octanol–water partition coefficient (Wildman–Crippen LogP) is 5.49. The van der Waals surface area contributed by atoms with Crippen molar-refractivity contribution in [2.24, 2.45) is 0 Å². The van der Waals surface area contributed by atoms with Gasteiger partial charge < -0.3 is 20.4 Å². The van der Waals surface area contributed by atoms with Gasteiger partial charge >= 0.3 is 0 Å². The molecule has 6 heteroatoms. The Bertz CT molecular complexity index is 1150. The molecule has 0 aliphatic carbocycles. The third kappa shape index (κ3) is 9.17. The summed E-state index contributed by atoms with van der Waals surface area (Å²) in [7, 11) is 0. The second-order valence-corrected chi connectivity index (χ2v) is 11.0. The van der Waals surface area contributed by atoms with Gasteiger partial charge in [-0.3, -0.25) is 9.59 Å². The van der Waals surface area contributed by atoms with Crippen LogP contribution >= 0.6 is 0 Å². The summed E-state index contributed by atoms with van der Waals surface area (Å²) in [5.74, 6) is 0.171. The lowest BCUT2D eigenvalue weighted by Crippen LogP contribution is -2.50. The van der Waals surface area contributed by atoms with Gasteiger partial charge in [0.15, 0.2) is 0 Å². The van der Waals surface area contributed by atoms with Crippen LogP contribution in [0.15, 0.2) is 78.9 Å². The van der Waals surface area contributed by atoms with Gasteiger partial charge in [0.2, 0.25) is 5.91 Å². The molecule has 2 heterocycles. The number of piperidine rings is 1. The molecule has 0 bridgehead atoms. The number of carbonyl (C=O) groups excluding carboxylic acids is 2. The second kappa shape index (κ2) is 16.1. The van der Waals surface area contributed by atoms with E-state index < -0.39 is 0 Å². The van der Waals surface area contributed by atoms with Gasteiger partial charge in [-0.05, 0) is 68.1 Å². The van der Waals surface area contributed by atoms with Crippen molar-refractivity contribution in [3.05, 3.63) is 84.4 Å². The van der Waals surface area contributed by atoms with E-state index in [2.05, 4.69) is 28.5 Å². The molecule has 0 spiro atoms. The van der Waals surface area contributed by atoms with Gasteiger partial charge in [-0.1, -0.05) is 86.5 Å². The molecule has 2 saturated heterocycles. The van der Waals surface area contributed by atoms with Gasteiger partial charge in [-0.2, -0.15) is 0 Å². The second-order valence-electron chi connectivity index (χ2n) is 11.0. The van der Waals surface area contributed by atoms with E-state index in [1.807, 2.05) is 77.7 Å². The number of carbonyl (C=O) groups is 2. The lowest BCUT2D eigenvalue weighted by atomic mass is 10.1. The summed E-state index contributed by atoms with van der Waals surface area (Å²) in [6.07, 6.45) is 7.65. The maximum absolute atomic E-state index is 13.3. The summed E-state index contributed by atoms with van der Waals surface area (Å²) in [5, 5.41) is 8.93. The molecule has 6 nitrogen and oxygen atoms in total. The molecule has 2 aliphatic rings. The Morgan fingerprint density at radius 2 is 1.57 bits per heavy atom. The van der Waals surface area contributed by atoms with Crippen LogP contribution in [0, 0.1) is 0 Å². The third-order valence-electron chi connectivity index (χ3n) is 7.95. The van der Waals surface area contributed by atoms with Gasteiger partial charge in [0, 0.05) is 37.8 Å². The SMILES string of the molecule is CCCCN1CCC(CNC(=O)c2ccc3ccccc3c2)NC(CCN2CCCCC2)C1=O.c1ccccc1. The molecule has 2 N–H and O–H groups in total. The largest absolute Gasteiger partial charge is 0.350 e. The van der Waals surface area contributed by atoms with Crippen LogP contribution in [0.25, 0.3) is 10.8 Å². The van der Waals surface area contributed by atoms with Crippen LogP contribution in [0.4, 0.5) is 0 Å². The van der Waals surface area contributed by atoms with Crippen LogP contribution in [0.2, 0.25) is 0 Å². The van der Waals surface area contributed by atoms with Crippen molar-refractivity contribution in [1.82, 2.24) is 20.4 Å². The fraction of sp³-hybridized carbons (Fsp3) is 0.471. The van der Waals surface area contributed by atoms with E-state index >= 15 is 0 Å². The Hall–Kier alpha value is -3.22. The topological polar surface area (TPSA) is 64.7 Å². The predicted molar refractivity (Wildman–Crippen MR) is 164 cm³/mol. The number of fused-ring (bicyclic) bond motifs is 1. The van der Waals surface area contributed by atoms with Crippen LogP contribution in [-0.2, 0) is 4.79 Å². The number of unbranched alkanes of at least 4 members (excludes halogenated alkanes) is 1. The highest BCUT2D eigenvalue weighted by atomic mass is 16.2. The van der Waals surface area contributed by atoms with E-state index in [1.165, 1.54) is 19.3 Å². The van der Waals surface area contributed by atoms with Crippen molar-refractivity contribution in [3.8, 4) is 0 Å². The minimum absolute atomic E-state index is 0.0594. The Morgan fingerprint density at radius 3 is 2.27 bits per heavy atom. The van der Waals surface area contributed by atoms with Crippen LogP contribution < -0.4 is 10.6 Å². The molecular weight excluding hydrogens is 496 g/mol. The Balaban J connectivity index is 0.000000546. The lowest BCUT2D eigenvalue weighted by Gasteiger charge is -2.30. The zero-order valence-electron chi connectivity index (χ0n) is 24.1. The number of hydrogen-bond donors (Lipinski definition) is 2. The first-order valence-corrected chi connectivity index (χ1v) is 15.2. The normalized spacial score (nSPS) is 19.9. The van der Waals surface area contributed by atoms with Crippen molar-refractivity contribution < 1.29 is 9.59 Å². The van der Waals surface area contributed by atoms with Crippen LogP contribution in [-0.4, -0.2) is 73.0 Å². The van der Waals surface area contributed by atoms with E-state index in [9.17, 15) is 9.59 Å². The molecule has 0 saturated carbocycles. The Labute approximate surface area is 240 Å². The summed E-state index contributed by atoms with van der Waals surface area (Å²) in [6.45, 7) is 7.52. The third-order valence-corrected chi connectivity index (χ3v) is 7.95. The molecule has 2 amide bonds. The van der Waals surface area contributed by atoms with Gasteiger partial charge in [-0.15, -0.1) is 0 Å². The lowest BCUT2D eigenvalue weighted by molar-refractivity contribution is -0.133. The molecule has 40 heavy (non-hydrogen) atoms. The van der Waals surface area contributed by atoms with Gasteiger partial charge in [0.05, 0.1) is 6.04 Å². The van der Waals surface area contributed by atoms with Crippen LogP contribution in [0.3, 0.4) is 0 Å². The standard InChI is InChI=1S/C28H40N4O2.C6H6/c1-2-3-17-32-19-13-25(30-26(28(32)34)14-18-31-15-7-4-8-16-31)21-29-27(33)24-12-11-22-9-5-6-10-23(22)20-24;1-2-4-6-5-3-1/h5-6,9-12,20,25-26,30H,2-4,7-8,13-19,21H2,1H3,(H,29,33);1-6H. The van der Waals surface area contributed by atoms with Gasteiger partial charge in [0.25, 0.3) is 5.91 Å². The number of amides is 2. The van der Waals surface area contributed by atoms with E-state index in [0.29, 0.717) is 12.1 Å². The average Bonchev–Trinajstić information content (AvgIpc) is 3.17. The summed E-state index contributed by atoms with van der Waals surface area (Å²) >= 11 is 0. The smallest absolute Gasteiger partial charge is 0.251 e. The van der Waals surface area contributed by atoms with Crippen LogP contribution in [0.5, 0.6) is 0 Å². The summed E-state index contributed by atoms with van der Waals surface area (Å²) in [5.41, 5.74) is 0.676. The van der Waals surface area contributed by atoms with E-state index in [1.54, 1.807) is 0 Å². The van der Waals surface area contributed by atoms with Crippen molar-refractivity contribution in [3.63, 3.8) is 0 Å². The average molecular weight is 543 g/mol. The first-order valence-electron chi connectivity index (χ1n) is 15.2. The molecule has 2 unspecified atom stereocenters. The molecule has 5 rings (SSSR count). The van der Waals surface area contributed by atoms with Gasteiger partial charge in [-0.25, -0.2) is 0 Å². The summed E-state index contributed by atoms with van der Waals surface area (Å²) < 4.78 is 0. The quantitative estimate of drug-likeness (QED) is 0.375. The molecule has 0 aromatic heterocycles.